The summed E-state index contributed by atoms with van der Waals surface area (Å²) in [5, 5.41) is 22.8. The number of aromatic nitrogens is 3. The first-order valence-electron chi connectivity index (χ1n) is 8.75. The van der Waals surface area contributed by atoms with Crippen molar-refractivity contribution in [3.8, 4) is 17.1 Å². The molecule has 0 fully saturated rings. The van der Waals surface area contributed by atoms with Crippen molar-refractivity contribution in [2.45, 2.75) is 18.5 Å². The number of nitro groups is 1. The molecule has 2 aromatic carbocycles. The summed E-state index contributed by atoms with van der Waals surface area (Å²) < 4.78 is 1.85. The van der Waals surface area contributed by atoms with E-state index >= 15 is 0 Å². The second-order valence-electron chi connectivity index (χ2n) is 5.92. The molecule has 0 atom stereocenters. The van der Waals surface area contributed by atoms with E-state index in [9.17, 15) is 14.9 Å². The monoisotopic (exact) mass is 397 g/mol. The number of para-hydroxylation sites is 1. The molecule has 0 saturated heterocycles. The number of carbonyl (C=O) groups excluding carboxylic acids is 1. The molecule has 3 rings (SSSR count). The molecule has 0 aliphatic heterocycles. The lowest BCUT2D eigenvalue weighted by molar-refractivity contribution is -0.384. The Bertz CT molecular complexity index is 957. The van der Waals surface area contributed by atoms with Crippen LogP contribution in [0.5, 0.6) is 0 Å². The van der Waals surface area contributed by atoms with Gasteiger partial charge in [0, 0.05) is 29.9 Å². The summed E-state index contributed by atoms with van der Waals surface area (Å²) in [6.07, 6.45) is 0.876. The first kappa shape index (κ1) is 19.6. The van der Waals surface area contributed by atoms with Crippen molar-refractivity contribution in [1.29, 1.82) is 0 Å². The number of carbonyl (C=O) groups is 1. The second-order valence-corrected chi connectivity index (χ2v) is 6.86. The van der Waals surface area contributed by atoms with Gasteiger partial charge < -0.3 is 5.32 Å². The largest absolute Gasteiger partial charge is 0.355 e. The SMILES string of the molecule is CCCNC(=O)CSc1nnc(-c2ccc([N+](=O)[O-])cc2)n1-c1ccccc1. The van der Waals surface area contributed by atoms with Crippen LogP contribution in [-0.2, 0) is 4.79 Å². The highest BCUT2D eigenvalue weighted by molar-refractivity contribution is 7.99. The molecule has 8 nitrogen and oxygen atoms in total. The Morgan fingerprint density at radius 3 is 2.50 bits per heavy atom. The average molecular weight is 397 g/mol. The zero-order valence-corrected chi connectivity index (χ0v) is 16.1. The van der Waals surface area contributed by atoms with Gasteiger partial charge in [0.2, 0.25) is 5.91 Å². The van der Waals surface area contributed by atoms with Crippen LogP contribution in [0.1, 0.15) is 13.3 Å². The lowest BCUT2D eigenvalue weighted by atomic mass is 10.2. The average Bonchev–Trinajstić information content (AvgIpc) is 3.15. The standard InChI is InChI=1S/C19H19N5O3S/c1-2-12-20-17(25)13-28-19-22-21-18(23(19)15-6-4-3-5-7-15)14-8-10-16(11-9-14)24(26)27/h3-11H,2,12-13H2,1H3,(H,20,25). The summed E-state index contributed by atoms with van der Waals surface area (Å²) in [6, 6.07) is 15.7. The van der Waals surface area contributed by atoms with E-state index in [1.54, 1.807) is 12.1 Å². The number of benzene rings is 2. The van der Waals surface area contributed by atoms with E-state index in [0.29, 0.717) is 23.1 Å². The fraction of sp³-hybridized carbons (Fsp3) is 0.211. The maximum Gasteiger partial charge on any atom is 0.269 e. The summed E-state index contributed by atoms with van der Waals surface area (Å²) in [4.78, 5) is 22.4. The number of nitro benzene ring substituents is 1. The fourth-order valence-corrected chi connectivity index (χ4v) is 3.32. The molecular formula is C19H19N5O3S. The molecule has 28 heavy (non-hydrogen) atoms. The molecule has 1 heterocycles. The van der Waals surface area contributed by atoms with Gasteiger partial charge in [-0.15, -0.1) is 10.2 Å². The van der Waals surface area contributed by atoms with E-state index in [0.717, 1.165) is 12.1 Å². The molecule has 0 aliphatic carbocycles. The lowest BCUT2D eigenvalue weighted by Crippen LogP contribution is -2.25. The van der Waals surface area contributed by atoms with Crippen molar-refractivity contribution < 1.29 is 9.72 Å². The number of amides is 1. The van der Waals surface area contributed by atoms with Crippen LogP contribution in [-0.4, -0.2) is 37.9 Å². The third-order valence-electron chi connectivity index (χ3n) is 3.89. The quantitative estimate of drug-likeness (QED) is 0.355. The number of non-ortho nitro benzene ring substituents is 1. The van der Waals surface area contributed by atoms with Crippen LogP contribution in [0.15, 0.2) is 59.8 Å². The Kier molecular flexibility index (Phi) is 6.38. The van der Waals surface area contributed by atoms with Crippen molar-refractivity contribution in [1.82, 2.24) is 20.1 Å². The summed E-state index contributed by atoms with van der Waals surface area (Å²) in [6.45, 7) is 2.63. The molecule has 144 valence electrons. The number of nitrogens with one attached hydrogen (secondary N) is 1. The minimum absolute atomic E-state index is 0.0109. The van der Waals surface area contributed by atoms with Crippen LogP contribution in [0.3, 0.4) is 0 Å². The number of rotatable bonds is 8. The zero-order valence-electron chi connectivity index (χ0n) is 15.2. The van der Waals surface area contributed by atoms with Gasteiger partial charge in [-0.25, -0.2) is 0 Å². The van der Waals surface area contributed by atoms with Gasteiger partial charge in [0.25, 0.3) is 5.69 Å². The van der Waals surface area contributed by atoms with Crippen LogP contribution in [0.2, 0.25) is 0 Å². The fourth-order valence-electron chi connectivity index (χ4n) is 2.54. The van der Waals surface area contributed by atoms with E-state index in [-0.39, 0.29) is 17.3 Å². The zero-order chi connectivity index (χ0) is 19.9. The summed E-state index contributed by atoms with van der Waals surface area (Å²) in [7, 11) is 0. The lowest BCUT2D eigenvalue weighted by Gasteiger charge is -2.10. The normalized spacial score (nSPS) is 10.6. The van der Waals surface area contributed by atoms with Gasteiger partial charge in [0.1, 0.15) is 0 Å². The molecule has 0 radical (unpaired) electrons. The topological polar surface area (TPSA) is 103 Å². The molecular weight excluding hydrogens is 378 g/mol. The molecule has 0 aliphatic rings. The molecule has 0 bridgehead atoms. The van der Waals surface area contributed by atoms with Crippen molar-refractivity contribution in [3.63, 3.8) is 0 Å². The summed E-state index contributed by atoms with van der Waals surface area (Å²) >= 11 is 1.29. The maximum absolute atomic E-state index is 11.9. The number of nitrogens with zero attached hydrogens (tertiary/aromatic N) is 4. The van der Waals surface area contributed by atoms with Gasteiger partial charge >= 0.3 is 0 Å². The Balaban J connectivity index is 1.93. The highest BCUT2D eigenvalue weighted by atomic mass is 32.2. The van der Waals surface area contributed by atoms with E-state index in [1.165, 1.54) is 23.9 Å². The van der Waals surface area contributed by atoms with E-state index in [4.69, 9.17) is 0 Å². The Morgan fingerprint density at radius 2 is 1.86 bits per heavy atom. The van der Waals surface area contributed by atoms with Crippen molar-refractivity contribution in [2.24, 2.45) is 0 Å². The molecule has 9 heteroatoms. The molecule has 1 aromatic heterocycles. The van der Waals surface area contributed by atoms with Crippen LogP contribution in [0, 0.1) is 10.1 Å². The molecule has 0 saturated carbocycles. The predicted octanol–water partition coefficient (Wildman–Crippen LogP) is 3.46. The predicted molar refractivity (Wildman–Crippen MR) is 107 cm³/mol. The highest BCUT2D eigenvalue weighted by Crippen LogP contribution is 2.28. The summed E-state index contributed by atoms with van der Waals surface area (Å²) in [5.74, 6) is 0.717. The maximum atomic E-state index is 11.9. The summed E-state index contributed by atoms with van der Waals surface area (Å²) in [5.41, 5.74) is 1.55. The Hall–Kier alpha value is -3.20. The minimum atomic E-state index is -0.443. The van der Waals surface area contributed by atoms with Gasteiger partial charge in [0.15, 0.2) is 11.0 Å². The van der Waals surface area contributed by atoms with Gasteiger partial charge in [-0.3, -0.25) is 19.5 Å². The number of thioether (sulfide) groups is 1. The van der Waals surface area contributed by atoms with Crippen molar-refractivity contribution in [3.05, 3.63) is 64.7 Å². The Morgan fingerprint density at radius 1 is 1.14 bits per heavy atom. The van der Waals surface area contributed by atoms with Crippen LogP contribution >= 0.6 is 11.8 Å². The first-order chi connectivity index (χ1) is 13.6. The van der Waals surface area contributed by atoms with Gasteiger partial charge in [0.05, 0.1) is 10.7 Å². The van der Waals surface area contributed by atoms with E-state index < -0.39 is 4.92 Å². The molecule has 0 spiro atoms. The van der Waals surface area contributed by atoms with Gasteiger partial charge in [-0.2, -0.15) is 0 Å². The second kappa shape index (κ2) is 9.14. The van der Waals surface area contributed by atoms with Gasteiger partial charge in [-0.1, -0.05) is 36.9 Å². The number of hydrogen-bond donors (Lipinski definition) is 1. The molecule has 3 aromatic rings. The van der Waals surface area contributed by atoms with Crippen LogP contribution < -0.4 is 5.32 Å². The highest BCUT2D eigenvalue weighted by Gasteiger charge is 2.18. The van der Waals surface area contributed by atoms with E-state index in [1.807, 2.05) is 41.8 Å². The smallest absolute Gasteiger partial charge is 0.269 e. The molecule has 1 N–H and O–H groups in total. The number of hydrogen-bond acceptors (Lipinski definition) is 6. The third kappa shape index (κ3) is 4.55. The van der Waals surface area contributed by atoms with E-state index in [2.05, 4.69) is 15.5 Å². The van der Waals surface area contributed by atoms with Crippen molar-refractivity contribution in [2.75, 3.05) is 12.3 Å². The van der Waals surface area contributed by atoms with Crippen LogP contribution in [0.4, 0.5) is 5.69 Å². The minimum Gasteiger partial charge on any atom is -0.355 e. The molecule has 0 unspecified atom stereocenters. The third-order valence-corrected chi connectivity index (χ3v) is 4.82. The first-order valence-corrected chi connectivity index (χ1v) is 9.74. The Labute approximate surface area is 166 Å². The molecule has 1 amide bonds. The van der Waals surface area contributed by atoms with Gasteiger partial charge in [-0.05, 0) is 30.7 Å². The van der Waals surface area contributed by atoms with Crippen molar-refractivity contribution >= 4 is 23.4 Å². The van der Waals surface area contributed by atoms with Crippen LogP contribution in [0.25, 0.3) is 17.1 Å².